The Labute approximate surface area is 393 Å². The van der Waals surface area contributed by atoms with Crippen LogP contribution < -0.4 is 19.9 Å². The van der Waals surface area contributed by atoms with Crippen molar-refractivity contribution in [3.8, 4) is 22.9 Å². The highest BCUT2D eigenvalue weighted by Gasteiger charge is 2.37. The predicted octanol–water partition coefficient (Wildman–Crippen LogP) is 8.03. The third-order valence-electron chi connectivity index (χ3n) is 14.2. The van der Waals surface area contributed by atoms with E-state index in [0.717, 1.165) is 92.5 Å². The van der Waals surface area contributed by atoms with Gasteiger partial charge >= 0.3 is 0 Å². The Morgan fingerprint density at radius 2 is 1.73 bits per heavy atom. The molecular weight excluding hydrogens is 880 g/mol. The van der Waals surface area contributed by atoms with Crippen molar-refractivity contribution >= 4 is 40.7 Å². The van der Waals surface area contributed by atoms with Gasteiger partial charge in [0.05, 0.1) is 47.7 Å². The van der Waals surface area contributed by atoms with Gasteiger partial charge in [-0.2, -0.15) is 15.5 Å². The van der Waals surface area contributed by atoms with E-state index in [1.54, 1.807) is 61.4 Å². The van der Waals surface area contributed by atoms with E-state index < -0.39 is 6.43 Å². The van der Waals surface area contributed by atoms with E-state index in [4.69, 9.17) is 31.4 Å². The number of halogens is 3. The Morgan fingerprint density at radius 3 is 2.42 bits per heavy atom. The van der Waals surface area contributed by atoms with Crippen molar-refractivity contribution in [2.24, 2.45) is 7.05 Å². The molecule has 18 heteroatoms. The lowest BCUT2D eigenvalue weighted by atomic mass is 9.92. The molecule has 2 aliphatic carbocycles. The van der Waals surface area contributed by atoms with Crippen LogP contribution in [0.5, 0.6) is 5.75 Å². The zero-order valence-corrected chi connectivity index (χ0v) is 38.5. The summed E-state index contributed by atoms with van der Waals surface area (Å²) in [6, 6.07) is 14.4. The Hall–Kier alpha value is -6.12. The molecule has 0 radical (unpaired) electrons. The molecule has 350 valence electrons. The number of rotatable bonds is 11. The van der Waals surface area contributed by atoms with Gasteiger partial charge in [-0.25, -0.2) is 8.78 Å². The highest BCUT2D eigenvalue weighted by atomic mass is 35.5. The van der Waals surface area contributed by atoms with Crippen molar-refractivity contribution in [2.75, 3.05) is 36.0 Å². The Balaban J connectivity index is 0.730. The van der Waals surface area contributed by atoms with Crippen LogP contribution in [0.15, 0.2) is 54.9 Å². The van der Waals surface area contributed by atoms with E-state index in [2.05, 4.69) is 41.2 Å². The summed E-state index contributed by atoms with van der Waals surface area (Å²) >= 11 is 6.16. The number of aromatic nitrogens is 6. The largest absolute Gasteiger partial charge is 0.490 e. The van der Waals surface area contributed by atoms with E-state index in [-0.39, 0.29) is 53.5 Å². The summed E-state index contributed by atoms with van der Waals surface area (Å²) < 4.78 is 46.0. The van der Waals surface area contributed by atoms with E-state index >= 15 is 0 Å². The second-order valence-corrected chi connectivity index (χ2v) is 19.0. The summed E-state index contributed by atoms with van der Waals surface area (Å²) in [7, 11) is 1.78. The van der Waals surface area contributed by atoms with Crippen molar-refractivity contribution in [3.63, 3.8) is 0 Å². The number of nitrogens with zero attached hydrogens (tertiary/aromatic N) is 10. The Kier molecular flexibility index (Phi) is 12.6. The predicted molar refractivity (Wildman–Crippen MR) is 247 cm³/mol. The van der Waals surface area contributed by atoms with Crippen LogP contribution in [0.25, 0.3) is 11.1 Å². The van der Waals surface area contributed by atoms with Gasteiger partial charge in [-0.05, 0) is 112 Å². The number of benzene rings is 2. The molecule has 2 amide bonds. The number of carbonyl (C=O) groups is 2. The maximum absolute atomic E-state index is 14.7. The molecular formula is C49H54ClF2N11O4. The fraction of sp³-hybridized carbons (Fsp3) is 0.490. The molecule has 0 atom stereocenters. The quantitative estimate of drug-likeness (QED) is 0.137. The maximum atomic E-state index is 14.7. The fourth-order valence-corrected chi connectivity index (χ4v) is 10.7. The summed E-state index contributed by atoms with van der Waals surface area (Å²) in [4.78, 5) is 31.8. The fourth-order valence-electron chi connectivity index (χ4n) is 10.5. The number of amides is 2. The Bertz CT molecular complexity index is 2680. The molecule has 3 fully saturated rings. The van der Waals surface area contributed by atoms with Crippen LogP contribution in [-0.2, 0) is 36.0 Å². The number of hydrogen-bond donors (Lipinski definition) is 1. The zero-order chi connectivity index (χ0) is 46.3. The van der Waals surface area contributed by atoms with Crippen molar-refractivity contribution < 1.29 is 27.8 Å². The van der Waals surface area contributed by atoms with Gasteiger partial charge in [0.1, 0.15) is 11.8 Å². The number of nitriles is 1. The van der Waals surface area contributed by atoms with Crippen molar-refractivity contribution in [2.45, 2.75) is 121 Å². The van der Waals surface area contributed by atoms with Crippen LogP contribution in [0.2, 0.25) is 5.02 Å². The monoisotopic (exact) mass is 933 g/mol. The molecule has 1 N–H and O–H groups in total. The first-order valence-electron chi connectivity index (χ1n) is 23.5. The molecule has 5 aliphatic rings. The SMILES string of the molecule is CC(=O)N1CCc2c(c(N3CCCc4cc(-c5cnn(C)c5)c(C(F)F)cc43)nn2C2CCC(OC3CN(c4ccc(C(=O)NC5CCC(Oc6ccc(C#N)c(Cl)c6)CC5)nn4)C3)CC2)C1. The molecule has 5 aromatic rings. The van der Waals surface area contributed by atoms with Gasteiger partial charge in [0.2, 0.25) is 5.91 Å². The minimum atomic E-state index is -2.67. The first-order chi connectivity index (χ1) is 32.5. The third-order valence-corrected chi connectivity index (χ3v) is 14.5. The van der Waals surface area contributed by atoms with Gasteiger partial charge in [0.25, 0.3) is 12.3 Å². The lowest BCUT2D eigenvalue weighted by Crippen LogP contribution is -2.54. The molecule has 3 aromatic heterocycles. The summed E-state index contributed by atoms with van der Waals surface area (Å²) in [5, 5.41) is 30.8. The second-order valence-electron chi connectivity index (χ2n) is 18.6. The topological polar surface area (TPSA) is 160 Å². The highest BCUT2D eigenvalue weighted by Crippen LogP contribution is 2.44. The average molecular weight is 934 g/mol. The summed E-state index contributed by atoms with van der Waals surface area (Å²) in [5.74, 6) is 1.87. The molecule has 0 bridgehead atoms. The second kappa shape index (κ2) is 18.9. The number of aryl methyl sites for hydroxylation is 2. The zero-order valence-electron chi connectivity index (χ0n) is 37.7. The minimum Gasteiger partial charge on any atom is -0.490 e. The van der Waals surface area contributed by atoms with Crippen LogP contribution >= 0.6 is 11.6 Å². The number of hydrogen-bond acceptors (Lipinski definition) is 11. The molecule has 2 aromatic carbocycles. The first kappa shape index (κ1) is 44.7. The van der Waals surface area contributed by atoms with Crippen LogP contribution in [0.4, 0.5) is 26.1 Å². The van der Waals surface area contributed by atoms with Crippen LogP contribution in [0, 0.1) is 11.3 Å². The van der Waals surface area contributed by atoms with Gasteiger partial charge in [0, 0.05) is 92.9 Å². The molecule has 15 nitrogen and oxygen atoms in total. The van der Waals surface area contributed by atoms with Gasteiger partial charge in [-0.3, -0.25) is 19.0 Å². The summed E-state index contributed by atoms with van der Waals surface area (Å²) in [6.07, 6.45) is 9.89. The third kappa shape index (κ3) is 9.30. The lowest BCUT2D eigenvalue weighted by molar-refractivity contribution is -0.129. The van der Waals surface area contributed by atoms with Gasteiger partial charge in [-0.15, -0.1) is 10.2 Å². The molecule has 0 unspecified atom stereocenters. The van der Waals surface area contributed by atoms with Crippen molar-refractivity contribution in [1.29, 1.82) is 5.26 Å². The number of fused-ring (bicyclic) bond motifs is 2. The Morgan fingerprint density at radius 1 is 0.940 bits per heavy atom. The molecule has 3 aliphatic heterocycles. The van der Waals surface area contributed by atoms with E-state index in [9.17, 15) is 18.4 Å². The number of alkyl halides is 2. The van der Waals surface area contributed by atoms with E-state index in [1.165, 1.54) is 0 Å². The number of ether oxygens (including phenoxy) is 2. The number of nitrogens with one attached hydrogen (secondary N) is 1. The molecule has 0 spiro atoms. The number of carbonyl (C=O) groups excluding carboxylic acids is 2. The molecule has 10 rings (SSSR count). The molecule has 2 saturated carbocycles. The van der Waals surface area contributed by atoms with Gasteiger partial charge in [-0.1, -0.05) is 11.6 Å². The van der Waals surface area contributed by atoms with Crippen molar-refractivity contribution in [1.82, 2.24) is 40.0 Å². The summed E-state index contributed by atoms with van der Waals surface area (Å²) in [5.41, 5.74) is 5.73. The average Bonchev–Trinajstić information content (AvgIpc) is 3.93. The summed E-state index contributed by atoms with van der Waals surface area (Å²) in [6.45, 7) is 4.68. The minimum absolute atomic E-state index is 0.00740. The standard InChI is InChI=1S/C49H54ClF2N11O4/c1-29(64)60-19-17-44-41(28-60)48(62-18-3-4-30-20-39(32-24-54-59(2)25-32)40(47(51)52)22-45(30)62)58-63(44)34-8-13-36(14-9-34)67-38-26-61(27-38)46-16-15-43(56-57-46)49(65)55-33-6-11-35(12-7-33)66-37-10-5-31(23-53)42(50)21-37/h5,10,15-16,20-22,24-25,33-36,38,47H,3-4,6-9,11-14,17-19,26-28H2,1-2H3,(H,55,65). The molecule has 1 saturated heterocycles. The van der Waals surface area contributed by atoms with Gasteiger partial charge < -0.3 is 29.5 Å². The molecule has 67 heavy (non-hydrogen) atoms. The maximum Gasteiger partial charge on any atom is 0.272 e. The highest BCUT2D eigenvalue weighted by molar-refractivity contribution is 6.31. The van der Waals surface area contributed by atoms with Gasteiger partial charge in [0.15, 0.2) is 17.3 Å². The normalized spacial score (nSPS) is 21.9. The van der Waals surface area contributed by atoms with E-state index in [0.29, 0.717) is 72.4 Å². The van der Waals surface area contributed by atoms with Crippen LogP contribution in [0.1, 0.15) is 116 Å². The van der Waals surface area contributed by atoms with E-state index in [1.807, 2.05) is 17.0 Å². The first-order valence-corrected chi connectivity index (χ1v) is 23.8. The van der Waals surface area contributed by atoms with Crippen molar-refractivity contribution in [3.05, 3.63) is 93.5 Å². The smallest absolute Gasteiger partial charge is 0.272 e. The molecule has 6 heterocycles. The number of anilines is 3. The lowest BCUT2D eigenvalue weighted by Gasteiger charge is -2.42. The van der Waals surface area contributed by atoms with Crippen LogP contribution in [-0.4, -0.2) is 97.0 Å². The van der Waals surface area contributed by atoms with Crippen LogP contribution in [0.3, 0.4) is 0 Å².